The van der Waals surface area contributed by atoms with Gasteiger partial charge in [-0.05, 0) is 36.0 Å². The first kappa shape index (κ1) is 15.5. The van der Waals surface area contributed by atoms with E-state index in [-0.39, 0.29) is 5.11 Å². The van der Waals surface area contributed by atoms with Crippen LogP contribution in [0.15, 0.2) is 58.1 Å². The van der Waals surface area contributed by atoms with E-state index in [4.69, 9.17) is 10.5 Å². The second-order valence-corrected chi connectivity index (χ2v) is 5.48. The fourth-order valence-electron chi connectivity index (χ4n) is 1.63. The topological polar surface area (TPSA) is 59.6 Å². The number of hydrazone groups is 1. The zero-order valence-corrected chi connectivity index (χ0v) is 13.5. The largest absolute Gasteiger partial charge is 0.489 e. The van der Waals surface area contributed by atoms with E-state index < -0.39 is 0 Å². The number of benzene rings is 2. The number of nitrogens with one attached hydrogen (secondary N) is 1. The van der Waals surface area contributed by atoms with Gasteiger partial charge in [0.05, 0.1) is 6.21 Å². The molecule has 4 nitrogen and oxygen atoms in total. The Labute approximate surface area is 137 Å². The Morgan fingerprint density at radius 2 is 2.10 bits per heavy atom. The number of hydrogen-bond acceptors (Lipinski definition) is 3. The van der Waals surface area contributed by atoms with Crippen molar-refractivity contribution in [1.29, 1.82) is 0 Å². The Hall–Kier alpha value is -1.92. The summed E-state index contributed by atoms with van der Waals surface area (Å²) >= 11 is 8.17. The van der Waals surface area contributed by atoms with E-state index in [1.54, 1.807) is 6.21 Å². The van der Waals surface area contributed by atoms with Gasteiger partial charge in [0, 0.05) is 10.0 Å². The van der Waals surface area contributed by atoms with Gasteiger partial charge in [0.1, 0.15) is 12.4 Å². The highest BCUT2D eigenvalue weighted by Crippen LogP contribution is 2.19. The van der Waals surface area contributed by atoms with Crippen molar-refractivity contribution in [2.24, 2.45) is 10.8 Å². The molecule has 3 N–H and O–H groups in total. The molecule has 0 radical (unpaired) electrons. The molecule has 108 valence electrons. The first-order valence-corrected chi connectivity index (χ1v) is 7.40. The van der Waals surface area contributed by atoms with Gasteiger partial charge in [0.25, 0.3) is 0 Å². The average molecular weight is 364 g/mol. The maximum Gasteiger partial charge on any atom is 0.184 e. The summed E-state index contributed by atoms with van der Waals surface area (Å²) in [6, 6.07) is 15.6. The molecule has 2 aromatic carbocycles. The summed E-state index contributed by atoms with van der Waals surface area (Å²) in [7, 11) is 0. The van der Waals surface area contributed by atoms with Crippen LogP contribution in [-0.2, 0) is 6.61 Å². The van der Waals surface area contributed by atoms with Gasteiger partial charge in [-0.1, -0.05) is 46.3 Å². The van der Waals surface area contributed by atoms with Gasteiger partial charge in [-0.2, -0.15) is 5.10 Å². The van der Waals surface area contributed by atoms with Crippen molar-refractivity contribution < 1.29 is 4.74 Å². The van der Waals surface area contributed by atoms with E-state index in [2.05, 4.69) is 38.7 Å². The molecule has 0 aromatic heterocycles. The predicted octanol–water partition coefficient (Wildman–Crippen LogP) is 3.20. The van der Waals surface area contributed by atoms with E-state index in [1.807, 2.05) is 48.5 Å². The van der Waals surface area contributed by atoms with E-state index in [1.165, 1.54) is 0 Å². The Morgan fingerprint density at radius 1 is 1.29 bits per heavy atom. The summed E-state index contributed by atoms with van der Waals surface area (Å²) in [5.74, 6) is 0.769. The van der Waals surface area contributed by atoms with Gasteiger partial charge >= 0.3 is 0 Å². The summed E-state index contributed by atoms with van der Waals surface area (Å²) in [6.07, 6.45) is 1.63. The molecule has 0 fully saturated rings. The molecule has 0 aliphatic carbocycles. The van der Waals surface area contributed by atoms with Gasteiger partial charge in [-0.3, -0.25) is 5.43 Å². The molecule has 0 bridgehead atoms. The van der Waals surface area contributed by atoms with Crippen LogP contribution >= 0.6 is 28.1 Å². The highest BCUT2D eigenvalue weighted by atomic mass is 79.9. The van der Waals surface area contributed by atoms with Crippen LogP contribution in [0.2, 0.25) is 0 Å². The van der Waals surface area contributed by atoms with Crippen molar-refractivity contribution >= 4 is 39.5 Å². The molecule has 0 aliphatic rings. The van der Waals surface area contributed by atoms with Gasteiger partial charge in [0.2, 0.25) is 0 Å². The normalized spacial score (nSPS) is 10.5. The third kappa shape index (κ3) is 5.17. The molecule has 0 heterocycles. The number of rotatable bonds is 5. The second kappa shape index (κ2) is 7.75. The molecule has 0 amide bonds. The first-order valence-electron chi connectivity index (χ1n) is 6.20. The molecule has 21 heavy (non-hydrogen) atoms. The number of hydrogen-bond donors (Lipinski definition) is 2. The Balaban J connectivity index is 1.99. The number of ether oxygens (including phenoxy) is 1. The monoisotopic (exact) mass is 363 g/mol. The van der Waals surface area contributed by atoms with Crippen molar-refractivity contribution in [2.75, 3.05) is 0 Å². The second-order valence-electron chi connectivity index (χ2n) is 4.19. The summed E-state index contributed by atoms with van der Waals surface area (Å²) in [5.41, 5.74) is 9.78. The van der Waals surface area contributed by atoms with Gasteiger partial charge < -0.3 is 10.5 Å². The van der Waals surface area contributed by atoms with Crippen LogP contribution in [0.1, 0.15) is 11.1 Å². The highest BCUT2D eigenvalue weighted by molar-refractivity contribution is 9.10. The van der Waals surface area contributed by atoms with Crippen molar-refractivity contribution in [3.05, 3.63) is 64.1 Å². The van der Waals surface area contributed by atoms with Crippen molar-refractivity contribution in [2.45, 2.75) is 6.61 Å². The van der Waals surface area contributed by atoms with Crippen LogP contribution in [0, 0.1) is 0 Å². The number of nitrogens with zero attached hydrogens (tertiary/aromatic N) is 1. The lowest BCUT2D eigenvalue weighted by Gasteiger charge is -2.08. The van der Waals surface area contributed by atoms with Crippen LogP contribution in [0.25, 0.3) is 0 Å². The van der Waals surface area contributed by atoms with Crippen LogP contribution in [0.4, 0.5) is 0 Å². The maximum absolute atomic E-state index is 5.78. The van der Waals surface area contributed by atoms with Crippen LogP contribution in [0.5, 0.6) is 5.75 Å². The summed E-state index contributed by atoms with van der Waals surface area (Å²) in [6.45, 7) is 0.493. The fourth-order valence-corrected chi connectivity index (χ4v) is 2.08. The SMILES string of the molecule is NC(=S)NN=Cc1cccc(OCc2ccccc2Br)c1. The van der Waals surface area contributed by atoms with E-state index in [9.17, 15) is 0 Å². The molecule has 2 aromatic rings. The lowest BCUT2D eigenvalue weighted by Crippen LogP contribution is -2.23. The quantitative estimate of drug-likeness (QED) is 0.486. The number of nitrogens with two attached hydrogens (primary N) is 1. The van der Waals surface area contributed by atoms with Crippen LogP contribution < -0.4 is 15.9 Å². The molecule has 0 atom stereocenters. The van der Waals surface area contributed by atoms with E-state index in [0.717, 1.165) is 21.3 Å². The standard InChI is InChI=1S/C15H14BrN3OS/c16-14-7-2-1-5-12(14)10-20-13-6-3-4-11(8-13)9-18-19-15(17)21/h1-9H,10H2,(H3,17,19,21). The molecule has 2 rings (SSSR count). The zero-order chi connectivity index (χ0) is 15.1. The van der Waals surface area contributed by atoms with E-state index in [0.29, 0.717) is 6.61 Å². The van der Waals surface area contributed by atoms with Crippen molar-refractivity contribution in [1.82, 2.24) is 5.43 Å². The molecular weight excluding hydrogens is 350 g/mol. The molecular formula is C15H14BrN3OS. The fraction of sp³-hybridized carbons (Fsp3) is 0.0667. The maximum atomic E-state index is 5.78. The van der Waals surface area contributed by atoms with Crippen molar-refractivity contribution in [3.8, 4) is 5.75 Å². The third-order valence-electron chi connectivity index (χ3n) is 2.60. The lowest BCUT2D eigenvalue weighted by molar-refractivity contribution is 0.305. The smallest absolute Gasteiger partial charge is 0.184 e. The van der Waals surface area contributed by atoms with E-state index >= 15 is 0 Å². The summed E-state index contributed by atoms with van der Waals surface area (Å²) < 4.78 is 6.81. The minimum Gasteiger partial charge on any atom is -0.489 e. The lowest BCUT2D eigenvalue weighted by atomic mass is 10.2. The van der Waals surface area contributed by atoms with Gasteiger partial charge in [-0.25, -0.2) is 0 Å². The minimum atomic E-state index is 0.132. The van der Waals surface area contributed by atoms with Crippen LogP contribution in [-0.4, -0.2) is 11.3 Å². The molecule has 6 heteroatoms. The summed E-state index contributed by atoms with van der Waals surface area (Å²) in [4.78, 5) is 0. The van der Waals surface area contributed by atoms with Gasteiger partial charge in [0.15, 0.2) is 5.11 Å². The van der Waals surface area contributed by atoms with Crippen molar-refractivity contribution in [3.63, 3.8) is 0 Å². The average Bonchev–Trinajstić information content (AvgIpc) is 2.46. The molecule has 0 spiro atoms. The third-order valence-corrected chi connectivity index (χ3v) is 3.46. The molecule has 0 saturated heterocycles. The van der Waals surface area contributed by atoms with Gasteiger partial charge in [-0.15, -0.1) is 0 Å². The number of halogens is 1. The predicted molar refractivity (Wildman–Crippen MR) is 92.4 cm³/mol. The zero-order valence-electron chi connectivity index (χ0n) is 11.1. The number of thiocarbonyl (C=S) groups is 1. The Morgan fingerprint density at radius 3 is 2.86 bits per heavy atom. The first-order chi connectivity index (χ1) is 10.1. The minimum absolute atomic E-state index is 0.132. The molecule has 0 aliphatic heterocycles. The molecule has 0 saturated carbocycles. The van der Waals surface area contributed by atoms with Crippen LogP contribution in [0.3, 0.4) is 0 Å². The summed E-state index contributed by atoms with van der Waals surface area (Å²) in [5, 5.41) is 4.04. The Kier molecular flexibility index (Phi) is 5.71. The highest BCUT2D eigenvalue weighted by Gasteiger charge is 2.00. The molecule has 0 unspecified atom stereocenters. The Bertz CT molecular complexity index is 661.